The van der Waals surface area contributed by atoms with Crippen LogP contribution in [0.1, 0.15) is 48.2 Å². The standard InChI is InChI=1S/C17H23N5O.ClH/c1-10-5-6-22-16(20-10)14(9-19-22)17(23)21-15-11-3-2-4-12(15)8-13(18)7-11;/h5-6,9,11-13,15H,2-4,7-8,18H2,1H3,(H,21,23);1H. The number of aromatic nitrogens is 3. The van der Waals surface area contributed by atoms with Gasteiger partial charge in [-0.15, -0.1) is 12.4 Å². The van der Waals surface area contributed by atoms with Crippen LogP contribution in [0.2, 0.25) is 0 Å². The number of rotatable bonds is 2. The first-order valence-electron chi connectivity index (χ1n) is 8.49. The number of nitrogens with two attached hydrogens (primary N) is 1. The van der Waals surface area contributed by atoms with Crippen LogP contribution in [-0.4, -0.2) is 32.6 Å². The molecule has 2 fully saturated rings. The van der Waals surface area contributed by atoms with Crippen LogP contribution in [-0.2, 0) is 0 Å². The minimum absolute atomic E-state index is 0. The van der Waals surface area contributed by atoms with Crippen LogP contribution in [0.4, 0.5) is 0 Å². The van der Waals surface area contributed by atoms with E-state index in [1.54, 1.807) is 10.7 Å². The Hall–Kier alpha value is -1.66. The van der Waals surface area contributed by atoms with E-state index in [1.807, 2.05) is 19.2 Å². The fraction of sp³-hybridized carbons (Fsp3) is 0.588. The average molecular weight is 350 g/mol. The molecule has 4 rings (SSSR count). The van der Waals surface area contributed by atoms with Gasteiger partial charge in [-0.3, -0.25) is 4.79 Å². The van der Waals surface area contributed by atoms with Crippen LogP contribution >= 0.6 is 12.4 Å². The molecule has 0 saturated heterocycles. The first-order chi connectivity index (χ1) is 11.1. The molecule has 1 amide bonds. The maximum Gasteiger partial charge on any atom is 0.257 e. The van der Waals surface area contributed by atoms with Gasteiger partial charge in [0.15, 0.2) is 5.65 Å². The molecule has 0 aliphatic heterocycles. The maximum absolute atomic E-state index is 12.8. The topological polar surface area (TPSA) is 85.3 Å². The number of carbonyl (C=O) groups is 1. The Morgan fingerprint density at radius 3 is 2.75 bits per heavy atom. The maximum atomic E-state index is 12.8. The summed E-state index contributed by atoms with van der Waals surface area (Å²) in [5.74, 6) is 0.964. The van der Waals surface area contributed by atoms with E-state index in [1.165, 1.54) is 19.3 Å². The lowest BCUT2D eigenvalue weighted by Crippen LogP contribution is -2.53. The third-order valence-corrected chi connectivity index (χ3v) is 5.43. The number of halogens is 1. The molecule has 0 radical (unpaired) electrons. The highest BCUT2D eigenvalue weighted by Gasteiger charge is 2.40. The van der Waals surface area contributed by atoms with Gasteiger partial charge in [-0.2, -0.15) is 5.10 Å². The summed E-state index contributed by atoms with van der Waals surface area (Å²) in [6, 6.07) is 2.42. The largest absolute Gasteiger partial charge is 0.349 e. The molecule has 2 atom stereocenters. The second-order valence-corrected chi connectivity index (χ2v) is 7.08. The van der Waals surface area contributed by atoms with Crippen molar-refractivity contribution >= 4 is 24.0 Å². The minimum atomic E-state index is -0.0597. The average Bonchev–Trinajstić information content (AvgIpc) is 2.91. The second-order valence-electron chi connectivity index (χ2n) is 7.08. The van der Waals surface area contributed by atoms with Crippen molar-refractivity contribution in [1.29, 1.82) is 0 Å². The number of carbonyl (C=O) groups excluding carboxylic acids is 1. The Morgan fingerprint density at radius 2 is 2.04 bits per heavy atom. The van der Waals surface area contributed by atoms with Crippen LogP contribution in [0.15, 0.2) is 18.5 Å². The van der Waals surface area contributed by atoms with Crippen molar-refractivity contribution in [2.75, 3.05) is 0 Å². The number of aryl methyl sites for hydroxylation is 1. The molecule has 24 heavy (non-hydrogen) atoms. The van der Waals surface area contributed by atoms with Crippen LogP contribution < -0.4 is 11.1 Å². The minimum Gasteiger partial charge on any atom is -0.349 e. The van der Waals surface area contributed by atoms with Crippen molar-refractivity contribution < 1.29 is 4.79 Å². The summed E-state index contributed by atoms with van der Waals surface area (Å²) in [5, 5.41) is 7.50. The highest BCUT2D eigenvalue weighted by atomic mass is 35.5. The van der Waals surface area contributed by atoms with Gasteiger partial charge in [-0.05, 0) is 50.5 Å². The van der Waals surface area contributed by atoms with Gasteiger partial charge < -0.3 is 11.1 Å². The molecule has 2 heterocycles. The quantitative estimate of drug-likeness (QED) is 0.869. The summed E-state index contributed by atoms with van der Waals surface area (Å²) in [7, 11) is 0. The van der Waals surface area contributed by atoms with E-state index in [9.17, 15) is 4.79 Å². The predicted molar refractivity (Wildman–Crippen MR) is 94.3 cm³/mol. The number of nitrogens with zero attached hydrogens (tertiary/aromatic N) is 3. The van der Waals surface area contributed by atoms with Gasteiger partial charge in [-0.1, -0.05) is 6.42 Å². The molecule has 0 spiro atoms. The molecule has 2 aromatic rings. The Balaban J connectivity index is 0.00000169. The molecule has 2 aromatic heterocycles. The van der Waals surface area contributed by atoms with Gasteiger partial charge in [0.05, 0.1) is 6.20 Å². The molecule has 2 saturated carbocycles. The van der Waals surface area contributed by atoms with E-state index in [0.29, 0.717) is 29.1 Å². The van der Waals surface area contributed by atoms with Gasteiger partial charge in [-0.25, -0.2) is 9.50 Å². The first-order valence-corrected chi connectivity index (χ1v) is 8.49. The van der Waals surface area contributed by atoms with Crippen molar-refractivity contribution in [3.8, 4) is 0 Å². The lowest BCUT2D eigenvalue weighted by atomic mass is 9.67. The molecule has 130 valence electrons. The van der Waals surface area contributed by atoms with Crippen LogP contribution in [0, 0.1) is 18.8 Å². The number of hydrogen-bond acceptors (Lipinski definition) is 4. The lowest BCUT2D eigenvalue weighted by molar-refractivity contribution is 0.0757. The normalized spacial score (nSPS) is 29.1. The molecule has 2 unspecified atom stereocenters. The van der Waals surface area contributed by atoms with E-state index in [2.05, 4.69) is 15.4 Å². The van der Waals surface area contributed by atoms with Gasteiger partial charge in [0.1, 0.15) is 5.56 Å². The monoisotopic (exact) mass is 349 g/mol. The van der Waals surface area contributed by atoms with Crippen molar-refractivity contribution in [3.63, 3.8) is 0 Å². The summed E-state index contributed by atoms with van der Waals surface area (Å²) in [6.07, 6.45) is 9.08. The van der Waals surface area contributed by atoms with E-state index in [4.69, 9.17) is 5.73 Å². The summed E-state index contributed by atoms with van der Waals surface area (Å²) >= 11 is 0. The number of fused-ring (bicyclic) bond motifs is 3. The molecule has 2 bridgehead atoms. The number of amides is 1. The Labute approximate surface area is 147 Å². The number of nitrogens with one attached hydrogen (secondary N) is 1. The molecule has 2 aliphatic rings. The predicted octanol–water partition coefficient (Wildman–Crippen LogP) is 2.10. The Bertz CT molecular complexity index is 732. The second kappa shape index (κ2) is 6.69. The van der Waals surface area contributed by atoms with Crippen LogP contribution in [0.3, 0.4) is 0 Å². The van der Waals surface area contributed by atoms with Crippen molar-refractivity contribution in [2.45, 2.75) is 51.1 Å². The van der Waals surface area contributed by atoms with Crippen LogP contribution in [0.25, 0.3) is 5.65 Å². The summed E-state index contributed by atoms with van der Waals surface area (Å²) in [6.45, 7) is 1.92. The summed E-state index contributed by atoms with van der Waals surface area (Å²) in [5.41, 5.74) is 8.23. The Morgan fingerprint density at radius 1 is 1.33 bits per heavy atom. The molecule has 3 N–H and O–H groups in total. The zero-order valence-electron chi connectivity index (χ0n) is 13.8. The molecular weight excluding hydrogens is 326 g/mol. The van der Waals surface area contributed by atoms with E-state index in [-0.39, 0.29) is 24.4 Å². The number of hydrogen-bond donors (Lipinski definition) is 2. The molecule has 2 aliphatic carbocycles. The van der Waals surface area contributed by atoms with Gasteiger partial charge in [0.25, 0.3) is 5.91 Å². The van der Waals surface area contributed by atoms with E-state index < -0.39 is 0 Å². The molecule has 6 nitrogen and oxygen atoms in total. The molecule has 7 heteroatoms. The van der Waals surface area contributed by atoms with Gasteiger partial charge in [0.2, 0.25) is 0 Å². The van der Waals surface area contributed by atoms with Crippen molar-refractivity contribution in [1.82, 2.24) is 19.9 Å². The SMILES string of the molecule is Cc1ccn2ncc(C(=O)NC3C4CCCC3CC(N)C4)c2n1.Cl. The summed E-state index contributed by atoms with van der Waals surface area (Å²) < 4.78 is 1.65. The van der Waals surface area contributed by atoms with E-state index >= 15 is 0 Å². The van der Waals surface area contributed by atoms with Gasteiger partial charge >= 0.3 is 0 Å². The zero-order chi connectivity index (χ0) is 16.0. The van der Waals surface area contributed by atoms with Crippen molar-refractivity contribution in [3.05, 3.63) is 29.7 Å². The first kappa shape index (κ1) is 17.2. The zero-order valence-corrected chi connectivity index (χ0v) is 14.6. The van der Waals surface area contributed by atoms with Gasteiger partial charge in [0, 0.05) is 24.0 Å². The highest BCUT2D eigenvalue weighted by molar-refractivity contribution is 5.99. The third-order valence-electron chi connectivity index (χ3n) is 5.43. The smallest absolute Gasteiger partial charge is 0.257 e. The van der Waals surface area contributed by atoms with Crippen molar-refractivity contribution in [2.24, 2.45) is 17.6 Å². The third kappa shape index (κ3) is 3.00. The highest BCUT2D eigenvalue weighted by Crippen LogP contribution is 2.39. The fourth-order valence-electron chi connectivity index (χ4n) is 4.37. The van der Waals surface area contributed by atoms with E-state index in [0.717, 1.165) is 18.5 Å². The molecular formula is C17H24ClN5O. The van der Waals surface area contributed by atoms with Crippen LogP contribution in [0.5, 0.6) is 0 Å². The lowest BCUT2D eigenvalue weighted by Gasteiger charge is -2.45. The summed E-state index contributed by atoms with van der Waals surface area (Å²) in [4.78, 5) is 17.2. The molecule has 0 aromatic carbocycles. The fourth-order valence-corrected chi connectivity index (χ4v) is 4.37. The Kier molecular flexibility index (Phi) is 4.78.